The fourth-order valence-corrected chi connectivity index (χ4v) is 3.25. The van der Waals surface area contributed by atoms with Crippen LogP contribution in [0.15, 0.2) is 42.5 Å². The van der Waals surface area contributed by atoms with Gasteiger partial charge >= 0.3 is 0 Å². The SMILES string of the molecule is CCc1cccc2sc(NC(=O)COc3ccc(OC)cc3)nc12. The summed E-state index contributed by atoms with van der Waals surface area (Å²) in [5, 5.41) is 3.39. The van der Waals surface area contributed by atoms with Crippen molar-refractivity contribution in [2.75, 3.05) is 19.0 Å². The van der Waals surface area contributed by atoms with E-state index >= 15 is 0 Å². The first-order valence-electron chi connectivity index (χ1n) is 7.64. The van der Waals surface area contributed by atoms with Crippen LogP contribution in [0.4, 0.5) is 5.13 Å². The van der Waals surface area contributed by atoms with Crippen LogP contribution in [0, 0.1) is 0 Å². The van der Waals surface area contributed by atoms with Gasteiger partial charge in [0.15, 0.2) is 11.7 Å². The molecule has 0 atom stereocenters. The molecule has 0 fully saturated rings. The Kier molecular flexibility index (Phi) is 4.96. The van der Waals surface area contributed by atoms with Crippen molar-refractivity contribution in [1.29, 1.82) is 0 Å². The normalized spacial score (nSPS) is 10.6. The molecule has 24 heavy (non-hydrogen) atoms. The third-order valence-electron chi connectivity index (χ3n) is 3.56. The van der Waals surface area contributed by atoms with Crippen LogP contribution in [0.1, 0.15) is 12.5 Å². The van der Waals surface area contributed by atoms with Crippen LogP contribution >= 0.6 is 11.3 Å². The smallest absolute Gasteiger partial charge is 0.264 e. The molecule has 0 saturated heterocycles. The van der Waals surface area contributed by atoms with Gasteiger partial charge in [-0.2, -0.15) is 0 Å². The molecule has 3 rings (SSSR count). The molecule has 6 heteroatoms. The number of aryl methyl sites for hydroxylation is 1. The molecule has 0 aliphatic rings. The van der Waals surface area contributed by atoms with Crippen molar-refractivity contribution in [1.82, 2.24) is 4.98 Å². The summed E-state index contributed by atoms with van der Waals surface area (Å²) < 4.78 is 11.6. The first kappa shape index (κ1) is 16.3. The van der Waals surface area contributed by atoms with E-state index in [4.69, 9.17) is 9.47 Å². The van der Waals surface area contributed by atoms with Crippen LogP contribution in [0.2, 0.25) is 0 Å². The van der Waals surface area contributed by atoms with Crippen LogP contribution in [0.25, 0.3) is 10.2 Å². The van der Waals surface area contributed by atoms with Crippen LogP contribution in [-0.4, -0.2) is 24.6 Å². The van der Waals surface area contributed by atoms with E-state index in [9.17, 15) is 4.79 Å². The Morgan fingerprint density at radius 1 is 1.17 bits per heavy atom. The zero-order valence-corrected chi connectivity index (χ0v) is 14.4. The van der Waals surface area contributed by atoms with E-state index in [0.29, 0.717) is 10.9 Å². The number of fused-ring (bicyclic) bond motifs is 1. The maximum atomic E-state index is 12.0. The fraction of sp³-hybridized carbons (Fsp3) is 0.222. The summed E-state index contributed by atoms with van der Waals surface area (Å²) in [6, 6.07) is 13.2. The molecule has 1 N–H and O–H groups in total. The van der Waals surface area contributed by atoms with Gasteiger partial charge in [0, 0.05) is 0 Å². The van der Waals surface area contributed by atoms with Crippen LogP contribution < -0.4 is 14.8 Å². The van der Waals surface area contributed by atoms with Gasteiger partial charge in [-0.1, -0.05) is 30.4 Å². The number of amides is 1. The van der Waals surface area contributed by atoms with E-state index in [-0.39, 0.29) is 12.5 Å². The minimum absolute atomic E-state index is 0.0666. The lowest BCUT2D eigenvalue weighted by Crippen LogP contribution is -2.19. The molecule has 0 unspecified atom stereocenters. The number of hydrogen-bond donors (Lipinski definition) is 1. The first-order valence-corrected chi connectivity index (χ1v) is 8.46. The Bertz CT molecular complexity index is 843. The second kappa shape index (κ2) is 7.31. The highest BCUT2D eigenvalue weighted by Gasteiger charge is 2.10. The number of para-hydroxylation sites is 1. The van der Waals surface area contributed by atoms with Gasteiger partial charge in [-0.05, 0) is 42.3 Å². The second-order valence-corrected chi connectivity index (χ2v) is 6.18. The predicted molar refractivity (Wildman–Crippen MR) is 96.1 cm³/mol. The zero-order chi connectivity index (χ0) is 16.9. The monoisotopic (exact) mass is 342 g/mol. The van der Waals surface area contributed by atoms with Crippen molar-refractivity contribution in [2.24, 2.45) is 0 Å². The summed E-state index contributed by atoms with van der Waals surface area (Å²) in [6.45, 7) is 2.03. The summed E-state index contributed by atoms with van der Waals surface area (Å²) in [4.78, 5) is 16.6. The number of thiazole rings is 1. The van der Waals surface area contributed by atoms with Crippen molar-refractivity contribution >= 4 is 32.6 Å². The number of nitrogens with one attached hydrogen (secondary N) is 1. The van der Waals surface area contributed by atoms with Crippen LogP contribution in [0.5, 0.6) is 11.5 Å². The molecule has 0 radical (unpaired) electrons. The lowest BCUT2D eigenvalue weighted by Gasteiger charge is -2.06. The Hall–Kier alpha value is -2.60. The van der Waals surface area contributed by atoms with Crippen molar-refractivity contribution in [3.05, 3.63) is 48.0 Å². The molecule has 1 heterocycles. The maximum absolute atomic E-state index is 12.0. The highest BCUT2D eigenvalue weighted by atomic mass is 32.1. The molecule has 0 saturated carbocycles. The Morgan fingerprint density at radius 3 is 2.62 bits per heavy atom. The van der Waals surface area contributed by atoms with E-state index in [1.807, 2.05) is 12.1 Å². The minimum atomic E-state index is -0.233. The molecule has 1 aromatic heterocycles. The average Bonchev–Trinajstić information content (AvgIpc) is 3.02. The number of ether oxygens (including phenoxy) is 2. The van der Waals surface area contributed by atoms with E-state index in [2.05, 4.69) is 23.3 Å². The number of aromatic nitrogens is 1. The standard InChI is InChI=1S/C18H18N2O3S/c1-3-12-5-4-6-15-17(12)20-18(24-15)19-16(21)11-23-14-9-7-13(22-2)8-10-14/h4-10H,3,11H2,1-2H3,(H,19,20,21). The molecule has 1 amide bonds. The van der Waals surface area contributed by atoms with Gasteiger partial charge in [-0.25, -0.2) is 4.98 Å². The number of carbonyl (C=O) groups is 1. The van der Waals surface area contributed by atoms with Gasteiger partial charge in [0.1, 0.15) is 11.5 Å². The number of anilines is 1. The summed E-state index contributed by atoms with van der Waals surface area (Å²) in [5.41, 5.74) is 2.13. The zero-order valence-electron chi connectivity index (χ0n) is 13.5. The fourth-order valence-electron chi connectivity index (χ4n) is 2.32. The molecule has 124 valence electrons. The third kappa shape index (κ3) is 3.65. The largest absolute Gasteiger partial charge is 0.497 e. The van der Waals surface area contributed by atoms with Crippen LogP contribution in [0.3, 0.4) is 0 Å². The molecule has 0 spiro atoms. The summed E-state index contributed by atoms with van der Waals surface area (Å²) in [5.74, 6) is 1.12. The van der Waals surface area contributed by atoms with E-state index in [0.717, 1.165) is 22.4 Å². The highest BCUT2D eigenvalue weighted by molar-refractivity contribution is 7.22. The highest BCUT2D eigenvalue weighted by Crippen LogP contribution is 2.28. The average molecular weight is 342 g/mol. The molecule has 3 aromatic rings. The lowest BCUT2D eigenvalue weighted by molar-refractivity contribution is -0.118. The number of nitrogens with zero attached hydrogens (tertiary/aromatic N) is 1. The van der Waals surface area contributed by atoms with E-state index in [1.165, 1.54) is 16.9 Å². The summed E-state index contributed by atoms with van der Waals surface area (Å²) in [7, 11) is 1.60. The molecule has 0 aliphatic carbocycles. The molecular formula is C18H18N2O3S. The van der Waals surface area contributed by atoms with Crippen molar-refractivity contribution in [3.63, 3.8) is 0 Å². The third-order valence-corrected chi connectivity index (χ3v) is 4.50. The van der Waals surface area contributed by atoms with Crippen molar-refractivity contribution < 1.29 is 14.3 Å². The van der Waals surface area contributed by atoms with Gasteiger partial charge < -0.3 is 9.47 Å². The van der Waals surface area contributed by atoms with Crippen molar-refractivity contribution in [2.45, 2.75) is 13.3 Å². The predicted octanol–water partition coefficient (Wildman–Crippen LogP) is 3.88. The second-order valence-electron chi connectivity index (χ2n) is 5.15. The Morgan fingerprint density at radius 2 is 1.92 bits per heavy atom. The van der Waals surface area contributed by atoms with Gasteiger partial charge in [-0.15, -0.1) is 0 Å². The summed E-state index contributed by atoms with van der Waals surface area (Å²) >= 11 is 1.47. The number of rotatable bonds is 6. The van der Waals surface area contributed by atoms with Crippen molar-refractivity contribution in [3.8, 4) is 11.5 Å². The lowest BCUT2D eigenvalue weighted by atomic mass is 10.1. The molecule has 0 bridgehead atoms. The number of methoxy groups -OCH3 is 1. The number of benzene rings is 2. The Labute approximate surface area is 144 Å². The van der Waals surface area contributed by atoms with Gasteiger partial charge in [0.25, 0.3) is 5.91 Å². The summed E-state index contributed by atoms with van der Waals surface area (Å²) in [6.07, 6.45) is 0.912. The molecule has 5 nitrogen and oxygen atoms in total. The van der Waals surface area contributed by atoms with E-state index < -0.39 is 0 Å². The van der Waals surface area contributed by atoms with Gasteiger partial charge in [0.05, 0.1) is 17.3 Å². The molecule has 2 aromatic carbocycles. The quantitative estimate of drug-likeness (QED) is 0.738. The van der Waals surface area contributed by atoms with Gasteiger partial charge in [-0.3, -0.25) is 10.1 Å². The first-order chi connectivity index (χ1) is 11.7. The minimum Gasteiger partial charge on any atom is -0.497 e. The van der Waals surface area contributed by atoms with Gasteiger partial charge in [0.2, 0.25) is 0 Å². The van der Waals surface area contributed by atoms with E-state index in [1.54, 1.807) is 31.4 Å². The number of carbonyl (C=O) groups excluding carboxylic acids is 1. The number of hydrogen-bond acceptors (Lipinski definition) is 5. The van der Waals surface area contributed by atoms with Crippen LogP contribution in [-0.2, 0) is 11.2 Å². The molecule has 0 aliphatic heterocycles. The topological polar surface area (TPSA) is 60.5 Å². The Balaban J connectivity index is 1.62. The molecular weight excluding hydrogens is 324 g/mol. The maximum Gasteiger partial charge on any atom is 0.264 e.